The van der Waals surface area contributed by atoms with Crippen LogP contribution in [0.15, 0.2) is 0 Å². The first-order valence-electron chi connectivity index (χ1n) is 7.67. The van der Waals surface area contributed by atoms with Gasteiger partial charge >= 0.3 is 6.55 Å². The molecule has 2 unspecified atom stereocenters. The monoisotopic (exact) mass is 314 g/mol. The fourth-order valence-electron chi connectivity index (χ4n) is 3.07. The van der Waals surface area contributed by atoms with Crippen molar-refractivity contribution < 1.29 is 13.6 Å². The second-order valence-electron chi connectivity index (χ2n) is 6.15. The van der Waals surface area contributed by atoms with Crippen molar-refractivity contribution in [1.29, 1.82) is 0 Å². The molecule has 0 bridgehead atoms. The number of nitrogens with zero attached hydrogens (tertiary/aromatic N) is 3. The van der Waals surface area contributed by atoms with Gasteiger partial charge in [-0.25, -0.2) is 4.68 Å². The number of carbonyl (C=O) groups excluding carboxylic acids is 1. The number of aromatic nitrogens is 2. The third-order valence-electron chi connectivity index (χ3n) is 4.54. The molecular weight excluding hydrogens is 290 g/mol. The first kappa shape index (κ1) is 16.9. The maximum absolute atomic E-state index is 12.8. The summed E-state index contributed by atoms with van der Waals surface area (Å²) in [6, 6.07) is 0.0562. The zero-order valence-electron chi connectivity index (χ0n) is 13.4. The largest absolute Gasteiger partial charge is 0.342 e. The lowest BCUT2D eigenvalue weighted by Gasteiger charge is -2.34. The number of alkyl halides is 2. The number of likely N-dealkylation sites (tertiary alicyclic amines) is 1. The molecule has 0 aliphatic carbocycles. The van der Waals surface area contributed by atoms with E-state index in [0.717, 1.165) is 12.8 Å². The smallest absolute Gasteiger partial charge is 0.333 e. The first-order valence-corrected chi connectivity index (χ1v) is 7.67. The van der Waals surface area contributed by atoms with E-state index in [1.165, 1.54) is 0 Å². The summed E-state index contributed by atoms with van der Waals surface area (Å²) >= 11 is 0. The predicted molar refractivity (Wildman–Crippen MR) is 79.6 cm³/mol. The van der Waals surface area contributed by atoms with E-state index in [1.807, 2.05) is 6.92 Å². The molecule has 5 nitrogen and oxygen atoms in total. The maximum Gasteiger partial charge on any atom is 0.333 e. The Balaban J connectivity index is 2.09. The van der Waals surface area contributed by atoms with Crippen LogP contribution in [0.1, 0.15) is 43.3 Å². The lowest BCUT2D eigenvalue weighted by atomic mass is 9.92. The third-order valence-corrected chi connectivity index (χ3v) is 4.54. The summed E-state index contributed by atoms with van der Waals surface area (Å²) in [6.07, 6.45) is 2.09. The van der Waals surface area contributed by atoms with Crippen LogP contribution in [0.4, 0.5) is 8.78 Å². The molecule has 2 heterocycles. The van der Waals surface area contributed by atoms with Gasteiger partial charge in [-0.1, -0.05) is 0 Å². The Morgan fingerprint density at radius 3 is 2.68 bits per heavy atom. The van der Waals surface area contributed by atoms with E-state index < -0.39 is 6.55 Å². The van der Waals surface area contributed by atoms with Crippen molar-refractivity contribution >= 4 is 5.91 Å². The number of aryl methyl sites for hydroxylation is 1. The molecule has 2 atom stereocenters. The van der Waals surface area contributed by atoms with Crippen molar-refractivity contribution in [1.82, 2.24) is 14.7 Å². The molecule has 0 aromatic carbocycles. The molecule has 1 aromatic heterocycles. The van der Waals surface area contributed by atoms with Gasteiger partial charge in [-0.05, 0) is 39.5 Å². The Labute approximate surface area is 129 Å². The fourth-order valence-corrected chi connectivity index (χ4v) is 3.07. The quantitative estimate of drug-likeness (QED) is 0.925. The number of carbonyl (C=O) groups is 1. The Morgan fingerprint density at radius 2 is 2.14 bits per heavy atom. The van der Waals surface area contributed by atoms with Crippen molar-refractivity contribution in [2.24, 2.45) is 11.7 Å². The zero-order chi connectivity index (χ0) is 16.4. The SMILES string of the molecule is Cc1nn(C(F)F)c(C)c1CC(=O)N1CCCC(C(C)N)C1. The summed E-state index contributed by atoms with van der Waals surface area (Å²) < 4.78 is 26.4. The van der Waals surface area contributed by atoms with E-state index in [0.29, 0.717) is 40.6 Å². The predicted octanol–water partition coefficient (Wildman–Crippen LogP) is 2.02. The number of halogens is 2. The highest BCUT2D eigenvalue weighted by Crippen LogP contribution is 2.23. The lowest BCUT2D eigenvalue weighted by Crippen LogP contribution is -2.45. The third kappa shape index (κ3) is 3.45. The summed E-state index contributed by atoms with van der Waals surface area (Å²) in [4.78, 5) is 14.3. The van der Waals surface area contributed by atoms with Crippen molar-refractivity contribution in [3.63, 3.8) is 0 Å². The molecule has 124 valence electrons. The van der Waals surface area contributed by atoms with Gasteiger partial charge in [-0.3, -0.25) is 4.79 Å². The summed E-state index contributed by atoms with van der Waals surface area (Å²) in [7, 11) is 0. The van der Waals surface area contributed by atoms with Gasteiger partial charge < -0.3 is 10.6 Å². The number of rotatable bonds is 4. The summed E-state index contributed by atoms with van der Waals surface area (Å²) in [5, 5.41) is 3.83. The molecule has 1 saturated heterocycles. The molecule has 0 saturated carbocycles. The lowest BCUT2D eigenvalue weighted by molar-refractivity contribution is -0.132. The second kappa shape index (κ2) is 6.73. The molecule has 1 aromatic rings. The van der Waals surface area contributed by atoms with Gasteiger partial charge in [0.25, 0.3) is 0 Å². The maximum atomic E-state index is 12.8. The van der Waals surface area contributed by atoms with Crippen LogP contribution in [-0.4, -0.2) is 39.7 Å². The van der Waals surface area contributed by atoms with Crippen LogP contribution in [0.3, 0.4) is 0 Å². The minimum Gasteiger partial charge on any atom is -0.342 e. The van der Waals surface area contributed by atoms with Gasteiger partial charge in [0.2, 0.25) is 5.91 Å². The van der Waals surface area contributed by atoms with Gasteiger partial charge in [-0.15, -0.1) is 0 Å². The normalized spacial score (nSPS) is 20.5. The Morgan fingerprint density at radius 1 is 1.45 bits per heavy atom. The summed E-state index contributed by atoms with van der Waals surface area (Å²) in [5.74, 6) is 0.272. The molecular formula is C15H24F2N4O. The second-order valence-corrected chi connectivity index (χ2v) is 6.15. The number of hydrogen-bond acceptors (Lipinski definition) is 3. The summed E-state index contributed by atoms with van der Waals surface area (Å²) in [5.41, 5.74) is 7.39. The van der Waals surface area contributed by atoms with E-state index in [1.54, 1.807) is 18.7 Å². The number of nitrogens with two attached hydrogens (primary N) is 1. The van der Waals surface area contributed by atoms with Crippen molar-refractivity contribution in [2.45, 2.75) is 52.6 Å². The number of hydrogen-bond donors (Lipinski definition) is 1. The fraction of sp³-hybridized carbons (Fsp3) is 0.733. The van der Waals surface area contributed by atoms with Gasteiger partial charge in [-0.2, -0.15) is 13.9 Å². The highest BCUT2D eigenvalue weighted by atomic mass is 19.3. The average Bonchev–Trinajstić information content (AvgIpc) is 2.75. The zero-order valence-corrected chi connectivity index (χ0v) is 13.4. The van der Waals surface area contributed by atoms with E-state index in [2.05, 4.69) is 5.10 Å². The molecule has 1 aliphatic heterocycles. The Kier molecular flexibility index (Phi) is 5.16. The Bertz CT molecular complexity index is 542. The molecule has 0 spiro atoms. The van der Waals surface area contributed by atoms with Crippen LogP contribution < -0.4 is 5.73 Å². The molecule has 1 aliphatic rings. The van der Waals surface area contributed by atoms with Crippen LogP contribution in [0.2, 0.25) is 0 Å². The topological polar surface area (TPSA) is 64.2 Å². The molecule has 2 rings (SSSR count). The van der Waals surface area contributed by atoms with Crippen LogP contribution in [0.5, 0.6) is 0 Å². The highest BCUT2D eigenvalue weighted by molar-refractivity contribution is 5.79. The van der Waals surface area contributed by atoms with Gasteiger partial charge in [0, 0.05) is 30.4 Å². The number of piperidine rings is 1. The van der Waals surface area contributed by atoms with E-state index in [-0.39, 0.29) is 18.4 Å². The number of amides is 1. The van der Waals surface area contributed by atoms with Gasteiger partial charge in [0.1, 0.15) is 0 Å². The highest BCUT2D eigenvalue weighted by Gasteiger charge is 2.27. The molecule has 1 fully saturated rings. The molecule has 1 amide bonds. The molecule has 0 radical (unpaired) electrons. The van der Waals surface area contributed by atoms with Crippen LogP contribution in [0, 0.1) is 19.8 Å². The van der Waals surface area contributed by atoms with E-state index >= 15 is 0 Å². The van der Waals surface area contributed by atoms with Crippen molar-refractivity contribution in [3.8, 4) is 0 Å². The molecule has 2 N–H and O–H groups in total. The Hall–Kier alpha value is -1.50. The van der Waals surface area contributed by atoms with Gasteiger partial charge in [0.05, 0.1) is 12.1 Å². The van der Waals surface area contributed by atoms with E-state index in [9.17, 15) is 13.6 Å². The minimum atomic E-state index is -2.68. The van der Waals surface area contributed by atoms with Crippen molar-refractivity contribution in [3.05, 3.63) is 17.0 Å². The van der Waals surface area contributed by atoms with Gasteiger partial charge in [0.15, 0.2) is 0 Å². The molecule has 7 heteroatoms. The summed E-state index contributed by atoms with van der Waals surface area (Å²) in [6.45, 7) is 3.88. The van der Waals surface area contributed by atoms with Crippen LogP contribution >= 0.6 is 0 Å². The average molecular weight is 314 g/mol. The molecule has 22 heavy (non-hydrogen) atoms. The minimum absolute atomic E-state index is 0.0367. The van der Waals surface area contributed by atoms with Crippen LogP contribution in [0.25, 0.3) is 0 Å². The van der Waals surface area contributed by atoms with E-state index in [4.69, 9.17) is 5.73 Å². The standard InChI is InChI=1S/C15H24F2N4O/c1-9(18)12-5-4-6-20(8-12)14(22)7-13-10(2)19-21(11(13)3)15(16)17/h9,12,15H,4-8,18H2,1-3H3. The first-order chi connectivity index (χ1) is 10.3. The van der Waals surface area contributed by atoms with Crippen molar-refractivity contribution in [2.75, 3.05) is 13.1 Å². The van der Waals surface area contributed by atoms with Crippen LogP contribution in [-0.2, 0) is 11.2 Å².